The maximum atomic E-state index is 12.8. The molecule has 0 saturated carbocycles. The van der Waals surface area contributed by atoms with Crippen LogP contribution in [0.25, 0.3) is 0 Å². The molecule has 0 saturated heterocycles. The van der Waals surface area contributed by atoms with Crippen molar-refractivity contribution in [1.29, 1.82) is 0 Å². The van der Waals surface area contributed by atoms with Gasteiger partial charge >= 0.3 is 0 Å². The molecule has 2 N–H and O–H groups in total. The molecule has 3 nitrogen and oxygen atoms in total. The summed E-state index contributed by atoms with van der Waals surface area (Å²) in [5, 5.41) is 4.10. The molecule has 90 valence electrons. The Morgan fingerprint density at radius 1 is 1.47 bits per heavy atom. The Morgan fingerprint density at radius 2 is 2.29 bits per heavy atom. The van der Waals surface area contributed by atoms with E-state index in [1.807, 2.05) is 19.4 Å². The predicted octanol–water partition coefficient (Wildman–Crippen LogP) is 2.48. The lowest BCUT2D eigenvalue weighted by molar-refractivity contribution is 0.627. The zero-order valence-corrected chi connectivity index (χ0v) is 10.4. The zero-order chi connectivity index (χ0) is 12.3. The van der Waals surface area contributed by atoms with E-state index in [-0.39, 0.29) is 5.82 Å². The average Bonchev–Trinajstić information content (AvgIpc) is 2.68. The van der Waals surface area contributed by atoms with Crippen molar-refractivity contribution in [2.24, 2.45) is 7.05 Å². The maximum Gasteiger partial charge on any atom is 0.125 e. The standard InChI is InChI=1S/C12H14FN3S/c1-16-8-9(7-15-16)4-5-17-12-3-2-10(13)6-11(12)14/h2-3,6-8H,4-5,14H2,1H3. The van der Waals surface area contributed by atoms with Gasteiger partial charge in [-0.2, -0.15) is 5.10 Å². The summed E-state index contributed by atoms with van der Waals surface area (Å²) in [7, 11) is 1.90. The van der Waals surface area contributed by atoms with Crippen LogP contribution in [0.15, 0.2) is 35.5 Å². The Bertz CT molecular complexity index is 510. The number of hydrogen-bond donors (Lipinski definition) is 1. The molecule has 0 amide bonds. The molecule has 0 aliphatic rings. The van der Waals surface area contributed by atoms with Gasteiger partial charge in [0.15, 0.2) is 0 Å². The summed E-state index contributed by atoms with van der Waals surface area (Å²) in [5.41, 5.74) is 7.42. The van der Waals surface area contributed by atoms with Gasteiger partial charge in [0.2, 0.25) is 0 Å². The molecule has 2 rings (SSSR count). The molecule has 2 aromatic rings. The first-order valence-electron chi connectivity index (χ1n) is 5.30. The van der Waals surface area contributed by atoms with E-state index in [4.69, 9.17) is 5.73 Å². The van der Waals surface area contributed by atoms with Crippen LogP contribution in [0.2, 0.25) is 0 Å². The van der Waals surface area contributed by atoms with Crippen molar-refractivity contribution in [3.8, 4) is 0 Å². The monoisotopic (exact) mass is 251 g/mol. The van der Waals surface area contributed by atoms with Crippen molar-refractivity contribution >= 4 is 17.4 Å². The number of hydrogen-bond acceptors (Lipinski definition) is 3. The summed E-state index contributed by atoms with van der Waals surface area (Å²) >= 11 is 1.63. The highest BCUT2D eigenvalue weighted by molar-refractivity contribution is 7.99. The molecule has 0 radical (unpaired) electrons. The van der Waals surface area contributed by atoms with Crippen LogP contribution in [0.5, 0.6) is 0 Å². The molecule has 1 aromatic carbocycles. The predicted molar refractivity (Wildman–Crippen MR) is 68.4 cm³/mol. The van der Waals surface area contributed by atoms with Crippen LogP contribution in [-0.4, -0.2) is 15.5 Å². The second-order valence-electron chi connectivity index (χ2n) is 3.80. The smallest absolute Gasteiger partial charge is 0.125 e. The van der Waals surface area contributed by atoms with E-state index in [2.05, 4.69) is 5.10 Å². The van der Waals surface area contributed by atoms with Crippen molar-refractivity contribution in [3.05, 3.63) is 42.0 Å². The van der Waals surface area contributed by atoms with Crippen molar-refractivity contribution in [2.75, 3.05) is 11.5 Å². The molecule has 0 fully saturated rings. The minimum atomic E-state index is -0.292. The minimum absolute atomic E-state index is 0.292. The Kier molecular flexibility index (Phi) is 3.68. The Balaban J connectivity index is 1.90. The topological polar surface area (TPSA) is 43.8 Å². The molecule has 0 atom stereocenters. The molecule has 0 bridgehead atoms. The van der Waals surface area contributed by atoms with Gasteiger partial charge in [0.1, 0.15) is 5.82 Å². The molecule has 0 aliphatic heterocycles. The van der Waals surface area contributed by atoms with Gasteiger partial charge in [-0.1, -0.05) is 0 Å². The summed E-state index contributed by atoms with van der Waals surface area (Å²) in [5.74, 6) is 0.612. The molecule has 1 heterocycles. The maximum absolute atomic E-state index is 12.8. The van der Waals surface area contributed by atoms with Crippen molar-refractivity contribution in [3.63, 3.8) is 0 Å². The van der Waals surface area contributed by atoms with E-state index in [1.54, 1.807) is 22.5 Å². The van der Waals surface area contributed by atoms with Crippen LogP contribution < -0.4 is 5.73 Å². The van der Waals surface area contributed by atoms with Gasteiger partial charge in [-0.05, 0) is 30.2 Å². The van der Waals surface area contributed by atoms with E-state index >= 15 is 0 Å². The largest absolute Gasteiger partial charge is 0.398 e. The number of thioether (sulfide) groups is 1. The molecule has 17 heavy (non-hydrogen) atoms. The number of nitrogens with zero attached hydrogens (tertiary/aromatic N) is 2. The number of anilines is 1. The van der Waals surface area contributed by atoms with E-state index in [0.29, 0.717) is 5.69 Å². The first-order chi connectivity index (χ1) is 8.15. The Labute approximate surface area is 104 Å². The van der Waals surface area contributed by atoms with Gasteiger partial charge in [-0.25, -0.2) is 4.39 Å². The van der Waals surface area contributed by atoms with Crippen molar-refractivity contribution in [2.45, 2.75) is 11.3 Å². The summed E-state index contributed by atoms with van der Waals surface area (Å²) in [6.45, 7) is 0. The third-order valence-corrected chi connectivity index (χ3v) is 3.47. The van der Waals surface area contributed by atoms with Gasteiger partial charge in [-0.15, -0.1) is 11.8 Å². The number of aromatic nitrogens is 2. The van der Waals surface area contributed by atoms with E-state index in [1.165, 1.54) is 17.7 Å². The lowest BCUT2D eigenvalue weighted by Crippen LogP contribution is -1.92. The Morgan fingerprint density at radius 3 is 2.94 bits per heavy atom. The molecular formula is C12H14FN3S. The number of rotatable bonds is 4. The summed E-state index contributed by atoms with van der Waals surface area (Å²) in [6.07, 6.45) is 4.78. The number of benzene rings is 1. The zero-order valence-electron chi connectivity index (χ0n) is 9.56. The minimum Gasteiger partial charge on any atom is -0.398 e. The molecule has 1 aromatic heterocycles. The Hall–Kier alpha value is -1.49. The van der Waals surface area contributed by atoms with E-state index in [0.717, 1.165) is 17.1 Å². The van der Waals surface area contributed by atoms with Crippen molar-refractivity contribution in [1.82, 2.24) is 9.78 Å². The molecule has 5 heteroatoms. The number of nitrogens with two attached hydrogens (primary N) is 1. The van der Waals surface area contributed by atoms with Gasteiger partial charge in [0, 0.05) is 29.6 Å². The van der Waals surface area contributed by atoms with Crippen LogP contribution >= 0.6 is 11.8 Å². The number of halogens is 1. The highest BCUT2D eigenvalue weighted by Gasteiger charge is 2.02. The second kappa shape index (κ2) is 5.23. The molecule has 0 unspecified atom stereocenters. The third-order valence-electron chi connectivity index (χ3n) is 2.38. The fourth-order valence-electron chi connectivity index (χ4n) is 1.53. The quantitative estimate of drug-likeness (QED) is 0.670. The fraction of sp³-hybridized carbons (Fsp3) is 0.250. The number of nitrogen functional groups attached to an aromatic ring is 1. The van der Waals surface area contributed by atoms with Gasteiger partial charge in [0.05, 0.1) is 6.20 Å². The van der Waals surface area contributed by atoms with Crippen LogP contribution in [0, 0.1) is 5.82 Å². The van der Waals surface area contributed by atoms with Crippen molar-refractivity contribution < 1.29 is 4.39 Å². The van der Waals surface area contributed by atoms with E-state index in [9.17, 15) is 4.39 Å². The van der Waals surface area contributed by atoms with Crippen LogP contribution in [0.4, 0.5) is 10.1 Å². The molecule has 0 aliphatic carbocycles. The first-order valence-corrected chi connectivity index (χ1v) is 6.29. The van der Waals surface area contributed by atoms with Gasteiger partial charge in [-0.3, -0.25) is 4.68 Å². The van der Waals surface area contributed by atoms with Crippen LogP contribution in [0.3, 0.4) is 0 Å². The van der Waals surface area contributed by atoms with Crippen LogP contribution in [-0.2, 0) is 13.5 Å². The summed E-state index contributed by atoms with van der Waals surface area (Å²) < 4.78 is 14.6. The van der Waals surface area contributed by atoms with Gasteiger partial charge < -0.3 is 5.73 Å². The van der Waals surface area contributed by atoms with E-state index < -0.39 is 0 Å². The normalized spacial score (nSPS) is 10.7. The summed E-state index contributed by atoms with van der Waals surface area (Å²) in [4.78, 5) is 0.926. The molecule has 0 spiro atoms. The lowest BCUT2D eigenvalue weighted by Gasteiger charge is -2.04. The average molecular weight is 251 g/mol. The first kappa shape index (κ1) is 12.0. The highest BCUT2D eigenvalue weighted by atomic mass is 32.2. The van der Waals surface area contributed by atoms with Gasteiger partial charge in [0.25, 0.3) is 0 Å². The summed E-state index contributed by atoms with van der Waals surface area (Å²) in [6, 6.07) is 4.51. The highest BCUT2D eigenvalue weighted by Crippen LogP contribution is 2.26. The third kappa shape index (κ3) is 3.23. The lowest BCUT2D eigenvalue weighted by atomic mass is 10.3. The molecular weight excluding hydrogens is 237 g/mol. The second-order valence-corrected chi connectivity index (χ2v) is 4.94. The van der Waals surface area contributed by atoms with Crippen LogP contribution in [0.1, 0.15) is 5.56 Å². The fourth-order valence-corrected chi connectivity index (χ4v) is 2.48. The number of aryl methyl sites for hydroxylation is 2. The SMILES string of the molecule is Cn1cc(CCSc2ccc(F)cc2N)cn1.